The second-order valence-corrected chi connectivity index (χ2v) is 6.89. The van der Waals surface area contributed by atoms with E-state index >= 15 is 0 Å². The Kier molecular flexibility index (Phi) is 4.34. The lowest BCUT2D eigenvalue weighted by Crippen LogP contribution is -2.50. The highest BCUT2D eigenvalue weighted by Gasteiger charge is 2.33. The van der Waals surface area contributed by atoms with Gasteiger partial charge in [-0.25, -0.2) is 0 Å². The first-order valence-electron chi connectivity index (χ1n) is 5.76. The monoisotopic (exact) mass is 249 g/mol. The Balaban J connectivity index is 2.60. The summed E-state index contributed by atoms with van der Waals surface area (Å²) in [4.78, 5) is 0. The molecule has 1 saturated heterocycles. The van der Waals surface area contributed by atoms with Gasteiger partial charge in [-0.05, 0) is 38.6 Å². The predicted molar refractivity (Wildman–Crippen MR) is 65.2 cm³/mol. The molecule has 3 N–H and O–H groups in total. The Morgan fingerprint density at radius 1 is 1.38 bits per heavy atom. The van der Waals surface area contributed by atoms with Crippen molar-refractivity contribution < 1.29 is 8.42 Å². The van der Waals surface area contributed by atoms with Crippen molar-refractivity contribution >= 4 is 10.2 Å². The van der Waals surface area contributed by atoms with Gasteiger partial charge in [0.05, 0.1) is 0 Å². The largest absolute Gasteiger partial charge is 0.330 e. The van der Waals surface area contributed by atoms with Crippen LogP contribution in [0.15, 0.2) is 0 Å². The summed E-state index contributed by atoms with van der Waals surface area (Å²) < 4.78 is 27.9. The smallest absolute Gasteiger partial charge is 0.279 e. The van der Waals surface area contributed by atoms with Crippen LogP contribution in [0.4, 0.5) is 0 Å². The minimum Gasteiger partial charge on any atom is -0.330 e. The third-order valence-electron chi connectivity index (χ3n) is 3.15. The molecule has 0 aromatic rings. The Bertz CT molecular complexity index is 319. The van der Waals surface area contributed by atoms with Gasteiger partial charge in [-0.3, -0.25) is 0 Å². The minimum atomic E-state index is -3.30. The summed E-state index contributed by atoms with van der Waals surface area (Å²) in [5.41, 5.74) is 5.79. The zero-order valence-corrected chi connectivity index (χ0v) is 11.2. The van der Waals surface area contributed by atoms with Gasteiger partial charge in [0.15, 0.2) is 0 Å². The van der Waals surface area contributed by atoms with Gasteiger partial charge in [0, 0.05) is 19.1 Å². The Morgan fingerprint density at radius 3 is 2.25 bits per heavy atom. The maximum Gasteiger partial charge on any atom is 0.279 e. The molecule has 1 heterocycles. The van der Waals surface area contributed by atoms with Crippen LogP contribution >= 0.6 is 0 Å². The highest BCUT2D eigenvalue weighted by atomic mass is 32.2. The van der Waals surface area contributed by atoms with Gasteiger partial charge in [0.2, 0.25) is 0 Å². The quantitative estimate of drug-likeness (QED) is 0.752. The fourth-order valence-electron chi connectivity index (χ4n) is 1.84. The summed E-state index contributed by atoms with van der Waals surface area (Å²) in [6.45, 7) is 7.52. The highest BCUT2D eigenvalue weighted by Crippen LogP contribution is 2.30. The molecule has 1 rings (SSSR count). The Morgan fingerprint density at radius 2 is 1.88 bits per heavy atom. The van der Waals surface area contributed by atoms with Crippen molar-refractivity contribution in [3.63, 3.8) is 0 Å². The number of hydrogen-bond acceptors (Lipinski definition) is 3. The second kappa shape index (κ2) is 5.00. The first kappa shape index (κ1) is 13.9. The van der Waals surface area contributed by atoms with E-state index in [-0.39, 0.29) is 11.5 Å². The van der Waals surface area contributed by atoms with Crippen molar-refractivity contribution in [1.82, 2.24) is 9.03 Å². The van der Waals surface area contributed by atoms with E-state index in [1.54, 1.807) is 0 Å². The lowest BCUT2D eigenvalue weighted by Gasteiger charge is -2.38. The summed E-state index contributed by atoms with van der Waals surface area (Å²) in [5.74, 6) is 0. The fraction of sp³-hybridized carbons (Fsp3) is 1.00. The van der Waals surface area contributed by atoms with Gasteiger partial charge in [-0.15, -0.1) is 0 Å². The molecule has 16 heavy (non-hydrogen) atoms. The molecule has 0 radical (unpaired) electrons. The lowest BCUT2D eigenvalue weighted by atomic mass is 9.81. The van der Waals surface area contributed by atoms with Crippen molar-refractivity contribution in [3.05, 3.63) is 0 Å². The maximum absolute atomic E-state index is 11.9. The standard InChI is InChI=1S/C10H23N3O2S/c1-9(2)12-16(14,15)13-6-4-10(3,8-11)5-7-13/h9,12H,4-8,11H2,1-3H3. The molecule has 0 unspecified atom stereocenters. The summed E-state index contributed by atoms with van der Waals surface area (Å²) in [6, 6.07) is -0.0622. The number of nitrogens with two attached hydrogens (primary N) is 1. The molecule has 96 valence electrons. The van der Waals surface area contributed by atoms with Gasteiger partial charge in [-0.1, -0.05) is 6.92 Å². The molecule has 0 spiro atoms. The summed E-state index contributed by atoms with van der Waals surface area (Å²) >= 11 is 0. The molecule has 0 aromatic heterocycles. The van der Waals surface area contributed by atoms with Crippen LogP contribution in [0.2, 0.25) is 0 Å². The highest BCUT2D eigenvalue weighted by molar-refractivity contribution is 7.87. The average Bonchev–Trinajstić information content (AvgIpc) is 2.16. The van der Waals surface area contributed by atoms with Gasteiger partial charge < -0.3 is 5.73 Å². The number of hydrogen-bond donors (Lipinski definition) is 2. The molecule has 0 atom stereocenters. The van der Waals surface area contributed by atoms with Crippen molar-refractivity contribution in [2.45, 2.75) is 39.7 Å². The van der Waals surface area contributed by atoms with E-state index in [4.69, 9.17) is 5.73 Å². The summed E-state index contributed by atoms with van der Waals surface area (Å²) in [5, 5.41) is 0. The van der Waals surface area contributed by atoms with Crippen molar-refractivity contribution in [2.24, 2.45) is 11.1 Å². The molecular weight excluding hydrogens is 226 g/mol. The molecule has 1 fully saturated rings. The minimum absolute atomic E-state index is 0.0622. The predicted octanol–water partition coefficient (Wildman–Crippen LogP) is 0.290. The van der Waals surface area contributed by atoms with Gasteiger partial charge in [0.25, 0.3) is 10.2 Å². The average molecular weight is 249 g/mol. The van der Waals surface area contributed by atoms with E-state index in [9.17, 15) is 8.42 Å². The van der Waals surface area contributed by atoms with E-state index in [1.165, 1.54) is 4.31 Å². The normalized spacial score (nSPS) is 22.6. The van der Waals surface area contributed by atoms with E-state index in [1.807, 2.05) is 13.8 Å². The topological polar surface area (TPSA) is 75.4 Å². The molecule has 1 aliphatic heterocycles. The van der Waals surface area contributed by atoms with Crippen LogP contribution in [0.25, 0.3) is 0 Å². The maximum atomic E-state index is 11.9. The molecule has 6 heteroatoms. The molecule has 5 nitrogen and oxygen atoms in total. The molecule has 0 aromatic carbocycles. The van der Waals surface area contributed by atoms with Crippen LogP contribution in [0, 0.1) is 5.41 Å². The number of nitrogens with one attached hydrogen (secondary N) is 1. The third-order valence-corrected chi connectivity index (χ3v) is 4.96. The Hall–Kier alpha value is -0.170. The number of piperidine rings is 1. The van der Waals surface area contributed by atoms with Crippen molar-refractivity contribution in [1.29, 1.82) is 0 Å². The fourth-order valence-corrected chi connectivity index (χ4v) is 3.25. The van der Waals surface area contributed by atoms with Crippen LogP contribution < -0.4 is 10.5 Å². The van der Waals surface area contributed by atoms with Gasteiger partial charge in [-0.2, -0.15) is 17.4 Å². The van der Waals surface area contributed by atoms with Gasteiger partial charge >= 0.3 is 0 Å². The molecule has 0 saturated carbocycles. The summed E-state index contributed by atoms with van der Waals surface area (Å²) in [6.07, 6.45) is 1.67. The van der Waals surface area contributed by atoms with Gasteiger partial charge in [0.1, 0.15) is 0 Å². The van der Waals surface area contributed by atoms with Crippen LogP contribution in [0.3, 0.4) is 0 Å². The van der Waals surface area contributed by atoms with E-state index in [0.717, 1.165) is 12.8 Å². The van der Waals surface area contributed by atoms with Crippen LogP contribution in [0.1, 0.15) is 33.6 Å². The molecule has 0 aliphatic carbocycles. The molecule has 0 bridgehead atoms. The molecule has 0 amide bonds. The second-order valence-electron chi connectivity index (χ2n) is 5.19. The van der Waals surface area contributed by atoms with Crippen molar-refractivity contribution in [2.75, 3.05) is 19.6 Å². The molecular formula is C10H23N3O2S. The lowest BCUT2D eigenvalue weighted by molar-refractivity contribution is 0.181. The first-order valence-corrected chi connectivity index (χ1v) is 7.20. The number of rotatable bonds is 4. The zero-order chi connectivity index (χ0) is 12.4. The van der Waals surface area contributed by atoms with Crippen LogP contribution in [-0.4, -0.2) is 38.4 Å². The van der Waals surface area contributed by atoms with Crippen LogP contribution in [-0.2, 0) is 10.2 Å². The third kappa shape index (κ3) is 3.41. The Labute approximate surface area is 98.6 Å². The summed E-state index contributed by atoms with van der Waals surface area (Å²) in [7, 11) is -3.30. The van der Waals surface area contributed by atoms with E-state index in [0.29, 0.717) is 19.6 Å². The van der Waals surface area contributed by atoms with Crippen molar-refractivity contribution in [3.8, 4) is 0 Å². The number of nitrogens with zero attached hydrogens (tertiary/aromatic N) is 1. The van der Waals surface area contributed by atoms with Crippen LogP contribution in [0.5, 0.6) is 0 Å². The zero-order valence-electron chi connectivity index (χ0n) is 10.4. The SMILES string of the molecule is CC(C)NS(=O)(=O)N1CCC(C)(CN)CC1. The molecule has 1 aliphatic rings. The van der Waals surface area contributed by atoms with E-state index in [2.05, 4.69) is 11.6 Å². The van der Waals surface area contributed by atoms with E-state index < -0.39 is 10.2 Å². The first-order chi connectivity index (χ1) is 7.29.